The Kier molecular flexibility index (Phi) is 2.92. The molecule has 1 fully saturated rings. The molecule has 0 atom stereocenters. The summed E-state index contributed by atoms with van der Waals surface area (Å²) in [5.74, 6) is 1.25. The Bertz CT molecular complexity index is 513. The second-order valence-electron chi connectivity index (χ2n) is 4.66. The Balaban J connectivity index is 1.72. The molecule has 0 unspecified atom stereocenters. The fourth-order valence-corrected chi connectivity index (χ4v) is 2.33. The Morgan fingerprint density at radius 3 is 2.50 bits per heavy atom. The number of aromatic nitrogens is 1. The van der Waals surface area contributed by atoms with Gasteiger partial charge in [0.05, 0.1) is 6.10 Å². The first-order valence-corrected chi connectivity index (χ1v) is 6.30. The van der Waals surface area contributed by atoms with Gasteiger partial charge < -0.3 is 15.0 Å². The van der Waals surface area contributed by atoms with Gasteiger partial charge in [0, 0.05) is 11.6 Å². The first kappa shape index (κ1) is 11.1. The SMILES string of the molecule is Nc1cc(-c2ccc(OC3CCCC3)cc2)no1. The van der Waals surface area contributed by atoms with Crippen LogP contribution in [-0.4, -0.2) is 11.3 Å². The summed E-state index contributed by atoms with van der Waals surface area (Å²) in [5.41, 5.74) is 7.23. The zero-order valence-electron chi connectivity index (χ0n) is 10.1. The average Bonchev–Trinajstić information content (AvgIpc) is 3.02. The summed E-state index contributed by atoms with van der Waals surface area (Å²) >= 11 is 0. The van der Waals surface area contributed by atoms with Gasteiger partial charge in [-0.1, -0.05) is 5.16 Å². The molecule has 0 radical (unpaired) electrons. The summed E-state index contributed by atoms with van der Waals surface area (Å²) in [6.07, 6.45) is 5.28. The first-order chi connectivity index (χ1) is 8.81. The van der Waals surface area contributed by atoms with E-state index in [2.05, 4.69) is 5.16 Å². The number of ether oxygens (including phenoxy) is 1. The van der Waals surface area contributed by atoms with Crippen LogP contribution >= 0.6 is 0 Å². The van der Waals surface area contributed by atoms with Crippen molar-refractivity contribution >= 4 is 5.88 Å². The molecule has 0 bridgehead atoms. The number of nitrogens with two attached hydrogens (primary N) is 1. The third-order valence-corrected chi connectivity index (χ3v) is 3.28. The number of benzene rings is 1. The quantitative estimate of drug-likeness (QED) is 0.900. The van der Waals surface area contributed by atoms with Crippen LogP contribution < -0.4 is 10.5 Å². The second kappa shape index (κ2) is 4.72. The molecule has 2 aromatic rings. The molecule has 1 aromatic carbocycles. The van der Waals surface area contributed by atoms with Crippen LogP contribution in [0.2, 0.25) is 0 Å². The van der Waals surface area contributed by atoms with Gasteiger partial charge in [0.1, 0.15) is 11.4 Å². The van der Waals surface area contributed by atoms with Crippen LogP contribution in [0.1, 0.15) is 25.7 Å². The van der Waals surface area contributed by atoms with E-state index in [1.54, 1.807) is 6.07 Å². The van der Waals surface area contributed by atoms with Crippen molar-refractivity contribution in [3.8, 4) is 17.0 Å². The standard InChI is InChI=1S/C14H16N2O2/c15-14-9-13(16-18-14)10-5-7-12(8-6-10)17-11-3-1-2-4-11/h5-9,11H,1-4,15H2. The monoisotopic (exact) mass is 244 g/mol. The van der Waals surface area contributed by atoms with Gasteiger partial charge in [-0.25, -0.2) is 0 Å². The molecule has 0 spiro atoms. The number of hydrogen-bond acceptors (Lipinski definition) is 4. The molecular formula is C14H16N2O2. The predicted molar refractivity (Wildman–Crippen MR) is 69.2 cm³/mol. The molecule has 1 saturated carbocycles. The number of anilines is 1. The van der Waals surface area contributed by atoms with E-state index in [0.29, 0.717) is 12.0 Å². The van der Waals surface area contributed by atoms with E-state index < -0.39 is 0 Å². The molecule has 1 aliphatic rings. The smallest absolute Gasteiger partial charge is 0.222 e. The molecule has 94 valence electrons. The van der Waals surface area contributed by atoms with Crippen molar-refractivity contribution in [1.82, 2.24) is 5.16 Å². The molecule has 1 aromatic heterocycles. The summed E-state index contributed by atoms with van der Waals surface area (Å²) < 4.78 is 10.8. The largest absolute Gasteiger partial charge is 0.490 e. The van der Waals surface area contributed by atoms with Crippen LogP contribution in [-0.2, 0) is 0 Å². The summed E-state index contributed by atoms with van der Waals surface area (Å²) in [6.45, 7) is 0. The summed E-state index contributed by atoms with van der Waals surface area (Å²) in [6, 6.07) is 9.60. The van der Waals surface area contributed by atoms with Crippen LogP contribution in [0, 0.1) is 0 Å². The second-order valence-corrected chi connectivity index (χ2v) is 4.66. The summed E-state index contributed by atoms with van der Waals surface area (Å²) in [4.78, 5) is 0. The highest BCUT2D eigenvalue weighted by Crippen LogP contribution is 2.26. The van der Waals surface area contributed by atoms with Crippen LogP contribution in [0.25, 0.3) is 11.3 Å². The van der Waals surface area contributed by atoms with Gasteiger partial charge in [-0.15, -0.1) is 0 Å². The van der Waals surface area contributed by atoms with E-state index in [4.69, 9.17) is 15.0 Å². The molecule has 0 saturated heterocycles. The van der Waals surface area contributed by atoms with Crippen LogP contribution in [0.4, 0.5) is 5.88 Å². The van der Waals surface area contributed by atoms with E-state index >= 15 is 0 Å². The average molecular weight is 244 g/mol. The fourth-order valence-electron chi connectivity index (χ4n) is 2.33. The molecule has 0 amide bonds. The van der Waals surface area contributed by atoms with Gasteiger partial charge in [0.25, 0.3) is 0 Å². The minimum atomic E-state index is 0.330. The van der Waals surface area contributed by atoms with Crippen LogP contribution in [0.3, 0.4) is 0 Å². The highest BCUT2D eigenvalue weighted by Gasteiger charge is 2.16. The van der Waals surface area contributed by atoms with Crippen molar-refractivity contribution in [2.75, 3.05) is 5.73 Å². The number of nitrogens with zero attached hydrogens (tertiary/aromatic N) is 1. The van der Waals surface area contributed by atoms with Crippen molar-refractivity contribution in [3.63, 3.8) is 0 Å². The van der Waals surface area contributed by atoms with Crippen molar-refractivity contribution < 1.29 is 9.26 Å². The van der Waals surface area contributed by atoms with Crippen molar-refractivity contribution in [2.45, 2.75) is 31.8 Å². The highest BCUT2D eigenvalue weighted by molar-refractivity contribution is 5.61. The molecule has 1 aliphatic carbocycles. The minimum Gasteiger partial charge on any atom is -0.490 e. The van der Waals surface area contributed by atoms with E-state index in [1.807, 2.05) is 24.3 Å². The fraction of sp³-hybridized carbons (Fsp3) is 0.357. The Morgan fingerprint density at radius 1 is 1.17 bits per heavy atom. The van der Waals surface area contributed by atoms with Gasteiger partial charge in [-0.2, -0.15) is 0 Å². The van der Waals surface area contributed by atoms with Crippen LogP contribution in [0.15, 0.2) is 34.9 Å². The van der Waals surface area contributed by atoms with E-state index in [-0.39, 0.29) is 0 Å². The van der Waals surface area contributed by atoms with Gasteiger partial charge in [-0.05, 0) is 49.9 Å². The minimum absolute atomic E-state index is 0.330. The molecule has 3 rings (SSSR count). The highest BCUT2D eigenvalue weighted by atomic mass is 16.5. The van der Waals surface area contributed by atoms with Crippen molar-refractivity contribution in [3.05, 3.63) is 30.3 Å². The lowest BCUT2D eigenvalue weighted by Crippen LogP contribution is -2.10. The Hall–Kier alpha value is -1.97. The molecule has 1 heterocycles. The maximum Gasteiger partial charge on any atom is 0.222 e. The number of nitrogen functional groups attached to an aromatic ring is 1. The van der Waals surface area contributed by atoms with Crippen molar-refractivity contribution in [2.24, 2.45) is 0 Å². The molecule has 18 heavy (non-hydrogen) atoms. The van der Waals surface area contributed by atoms with Gasteiger partial charge >= 0.3 is 0 Å². The topological polar surface area (TPSA) is 61.3 Å². The van der Waals surface area contributed by atoms with Crippen molar-refractivity contribution in [1.29, 1.82) is 0 Å². The third-order valence-electron chi connectivity index (χ3n) is 3.28. The third kappa shape index (κ3) is 2.32. The lowest BCUT2D eigenvalue weighted by molar-refractivity contribution is 0.210. The number of hydrogen-bond donors (Lipinski definition) is 1. The molecule has 4 nitrogen and oxygen atoms in total. The molecule has 0 aliphatic heterocycles. The lowest BCUT2D eigenvalue weighted by Gasteiger charge is -2.12. The van der Waals surface area contributed by atoms with Crippen LogP contribution in [0.5, 0.6) is 5.75 Å². The summed E-state index contributed by atoms with van der Waals surface area (Å²) in [7, 11) is 0. The summed E-state index contributed by atoms with van der Waals surface area (Å²) in [5, 5.41) is 3.88. The Labute approximate surface area is 106 Å². The van der Waals surface area contributed by atoms with Gasteiger partial charge in [0.2, 0.25) is 5.88 Å². The molecule has 2 N–H and O–H groups in total. The molecular weight excluding hydrogens is 228 g/mol. The zero-order valence-corrected chi connectivity index (χ0v) is 10.1. The lowest BCUT2D eigenvalue weighted by atomic mass is 10.1. The number of rotatable bonds is 3. The van der Waals surface area contributed by atoms with E-state index in [1.165, 1.54) is 25.7 Å². The zero-order chi connectivity index (χ0) is 12.4. The predicted octanol–water partition coefficient (Wildman–Crippen LogP) is 3.25. The van der Waals surface area contributed by atoms with E-state index in [0.717, 1.165) is 17.0 Å². The van der Waals surface area contributed by atoms with E-state index in [9.17, 15) is 0 Å². The maximum absolute atomic E-state index is 5.90. The molecule has 4 heteroatoms. The first-order valence-electron chi connectivity index (χ1n) is 6.30. The normalized spacial score (nSPS) is 16.0. The Morgan fingerprint density at radius 2 is 1.89 bits per heavy atom. The van der Waals surface area contributed by atoms with Gasteiger partial charge in [-0.3, -0.25) is 0 Å². The maximum atomic E-state index is 5.90. The van der Waals surface area contributed by atoms with Gasteiger partial charge in [0.15, 0.2) is 0 Å².